The van der Waals surface area contributed by atoms with Gasteiger partial charge in [-0.2, -0.15) is 0 Å². The van der Waals surface area contributed by atoms with Crippen LogP contribution < -0.4 is 0 Å². The molecule has 2 nitrogen and oxygen atoms in total. The van der Waals surface area contributed by atoms with Gasteiger partial charge in [-0.05, 0) is 28.3 Å². The van der Waals surface area contributed by atoms with E-state index < -0.39 is 5.60 Å². The van der Waals surface area contributed by atoms with Gasteiger partial charge in [0, 0.05) is 11.5 Å². The van der Waals surface area contributed by atoms with Crippen LogP contribution in [0.1, 0.15) is 40.7 Å². The summed E-state index contributed by atoms with van der Waals surface area (Å²) in [5, 5.41) is 22.2. The maximum atomic E-state index is 11.8. The first kappa shape index (κ1) is 14.0. The Hall–Kier alpha value is -2.58. The van der Waals surface area contributed by atoms with Crippen molar-refractivity contribution in [1.29, 1.82) is 0 Å². The van der Waals surface area contributed by atoms with Crippen molar-refractivity contribution in [3.63, 3.8) is 0 Å². The zero-order valence-corrected chi connectivity index (χ0v) is 12.9. The van der Waals surface area contributed by atoms with Crippen molar-refractivity contribution < 1.29 is 10.2 Å². The van der Waals surface area contributed by atoms with Gasteiger partial charge in [-0.1, -0.05) is 73.7 Å². The standard InChI is InChI=1S/C21H18O2/c1-14-15-8-2-4-10-17(15)21(23,18-11-5-3-9-16(14)18)19-12-6-7-13-20(19)22/h2-14,22-23H,1H3. The van der Waals surface area contributed by atoms with E-state index >= 15 is 0 Å². The van der Waals surface area contributed by atoms with E-state index in [9.17, 15) is 10.2 Å². The van der Waals surface area contributed by atoms with Gasteiger partial charge in [0.15, 0.2) is 0 Å². The molecule has 23 heavy (non-hydrogen) atoms. The summed E-state index contributed by atoms with van der Waals surface area (Å²) in [5.74, 6) is 0.308. The van der Waals surface area contributed by atoms with Gasteiger partial charge < -0.3 is 10.2 Å². The maximum absolute atomic E-state index is 11.8. The van der Waals surface area contributed by atoms with Crippen LogP contribution in [0, 0.1) is 0 Å². The number of aliphatic hydroxyl groups is 1. The predicted octanol–water partition coefficient (Wildman–Crippen LogP) is 4.14. The van der Waals surface area contributed by atoms with Gasteiger partial charge in [-0.25, -0.2) is 0 Å². The van der Waals surface area contributed by atoms with Crippen LogP contribution in [-0.4, -0.2) is 10.2 Å². The summed E-state index contributed by atoms with van der Waals surface area (Å²) < 4.78 is 0. The van der Waals surface area contributed by atoms with Crippen LogP contribution in [0.25, 0.3) is 0 Å². The monoisotopic (exact) mass is 302 g/mol. The Bertz CT molecular complexity index is 835. The molecule has 0 atom stereocenters. The summed E-state index contributed by atoms with van der Waals surface area (Å²) in [4.78, 5) is 0. The minimum Gasteiger partial charge on any atom is -0.508 e. The molecule has 2 heteroatoms. The molecule has 2 N–H and O–H groups in total. The third-order valence-corrected chi connectivity index (χ3v) is 4.93. The van der Waals surface area contributed by atoms with E-state index in [0.717, 1.165) is 22.3 Å². The molecule has 0 spiro atoms. The Morgan fingerprint density at radius 1 is 0.696 bits per heavy atom. The first-order valence-corrected chi connectivity index (χ1v) is 7.83. The van der Waals surface area contributed by atoms with E-state index in [-0.39, 0.29) is 11.7 Å². The molecule has 0 aliphatic heterocycles. The molecule has 0 saturated heterocycles. The van der Waals surface area contributed by atoms with Gasteiger partial charge in [0.05, 0.1) is 0 Å². The first-order chi connectivity index (χ1) is 11.1. The third kappa shape index (κ3) is 1.85. The van der Waals surface area contributed by atoms with E-state index in [0.29, 0.717) is 5.56 Å². The lowest BCUT2D eigenvalue weighted by molar-refractivity contribution is 0.117. The van der Waals surface area contributed by atoms with Gasteiger partial charge in [-0.15, -0.1) is 0 Å². The Morgan fingerprint density at radius 3 is 1.65 bits per heavy atom. The van der Waals surface area contributed by atoms with Crippen LogP contribution >= 0.6 is 0 Å². The van der Waals surface area contributed by atoms with E-state index in [1.807, 2.05) is 42.5 Å². The van der Waals surface area contributed by atoms with Gasteiger partial charge >= 0.3 is 0 Å². The summed E-state index contributed by atoms with van der Waals surface area (Å²) in [6.45, 7) is 2.15. The molecule has 3 aromatic carbocycles. The highest BCUT2D eigenvalue weighted by atomic mass is 16.3. The lowest BCUT2D eigenvalue weighted by atomic mass is 9.67. The van der Waals surface area contributed by atoms with Crippen LogP contribution in [0.3, 0.4) is 0 Å². The first-order valence-electron chi connectivity index (χ1n) is 7.83. The van der Waals surface area contributed by atoms with Crippen LogP contribution in [0.4, 0.5) is 0 Å². The number of hydrogen-bond acceptors (Lipinski definition) is 2. The summed E-state index contributed by atoms with van der Waals surface area (Å²) in [6, 6.07) is 22.9. The van der Waals surface area contributed by atoms with Crippen LogP contribution in [-0.2, 0) is 5.60 Å². The minimum atomic E-state index is -1.34. The summed E-state index contributed by atoms with van der Waals surface area (Å²) >= 11 is 0. The van der Waals surface area contributed by atoms with Crippen molar-refractivity contribution in [2.24, 2.45) is 0 Å². The number of hydrogen-bond donors (Lipinski definition) is 2. The maximum Gasteiger partial charge on any atom is 0.144 e. The highest BCUT2D eigenvalue weighted by Gasteiger charge is 2.43. The SMILES string of the molecule is CC1c2ccccc2C(O)(c2ccccc2O)c2ccccc21. The second kappa shape index (κ2) is 4.97. The van der Waals surface area contributed by atoms with E-state index in [1.165, 1.54) is 0 Å². The summed E-state index contributed by atoms with van der Waals surface area (Å²) in [5.41, 5.74) is 3.05. The highest BCUT2D eigenvalue weighted by molar-refractivity contribution is 5.61. The molecule has 0 saturated carbocycles. The Morgan fingerprint density at radius 2 is 1.13 bits per heavy atom. The number of benzene rings is 3. The molecular weight excluding hydrogens is 284 g/mol. The number of phenols is 1. The van der Waals surface area contributed by atoms with Crippen molar-refractivity contribution in [1.82, 2.24) is 0 Å². The molecule has 0 aromatic heterocycles. The second-order valence-corrected chi connectivity index (χ2v) is 6.12. The fraction of sp³-hybridized carbons (Fsp3) is 0.143. The Kier molecular flexibility index (Phi) is 3.03. The van der Waals surface area contributed by atoms with Crippen molar-refractivity contribution in [2.75, 3.05) is 0 Å². The fourth-order valence-corrected chi connectivity index (χ4v) is 3.79. The predicted molar refractivity (Wildman–Crippen MR) is 90.6 cm³/mol. The van der Waals surface area contributed by atoms with E-state index in [1.54, 1.807) is 18.2 Å². The highest BCUT2D eigenvalue weighted by Crippen LogP contribution is 2.50. The van der Waals surface area contributed by atoms with Gasteiger partial charge in [0.1, 0.15) is 11.4 Å². The minimum absolute atomic E-state index is 0.106. The fourth-order valence-electron chi connectivity index (χ4n) is 3.79. The van der Waals surface area contributed by atoms with Crippen molar-refractivity contribution in [3.05, 3.63) is 101 Å². The average molecular weight is 302 g/mol. The Labute approximate surface area is 135 Å². The number of fused-ring (bicyclic) bond motifs is 2. The molecule has 0 heterocycles. The third-order valence-electron chi connectivity index (χ3n) is 4.93. The van der Waals surface area contributed by atoms with E-state index in [4.69, 9.17) is 0 Å². The summed E-state index contributed by atoms with van der Waals surface area (Å²) in [6.07, 6.45) is 0. The molecular formula is C21H18O2. The quantitative estimate of drug-likeness (QED) is 0.709. The van der Waals surface area contributed by atoms with Crippen LogP contribution in [0.5, 0.6) is 5.75 Å². The Balaban J connectivity index is 2.12. The number of rotatable bonds is 1. The number of phenolic OH excluding ortho intramolecular Hbond substituents is 1. The van der Waals surface area contributed by atoms with Gasteiger partial charge in [0.2, 0.25) is 0 Å². The molecule has 3 aromatic rings. The summed E-state index contributed by atoms with van der Waals surface area (Å²) in [7, 11) is 0. The second-order valence-electron chi connectivity index (χ2n) is 6.12. The normalized spacial score (nSPS) is 22.3. The van der Waals surface area contributed by atoms with E-state index in [2.05, 4.69) is 19.1 Å². The smallest absolute Gasteiger partial charge is 0.144 e. The van der Waals surface area contributed by atoms with Gasteiger partial charge in [0.25, 0.3) is 0 Å². The molecule has 0 unspecified atom stereocenters. The van der Waals surface area contributed by atoms with Crippen molar-refractivity contribution in [2.45, 2.75) is 18.4 Å². The van der Waals surface area contributed by atoms with Crippen LogP contribution in [0.2, 0.25) is 0 Å². The largest absolute Gasteiger partial charge is 0.508 e. The molecule has 1 aliphatic carbocycles. The zero-order valence-electron chi connectivity index (χ0n) is 12.9. The lowest BCUT2D eigenvalue weighted by Gasteiger charge is -2.40. The molecule has 0 radical (unpaired) electrons. The zero-order chi connectivity index (χ0) is 16.0. The topological polar surface area (TPSA) is 40.5 Å². The molecule has 1 aliphatic rings. The molecule has 4 rings (SSSR count). The number of para-hydroxylation sites is 1. The molecule has 0 bridgehead atoms. The van der Waals surface area contributed by atoms with Crippen LogP contribution in [0.15, 0.2) is 72.8 Å². The number of aromatic hydroxyl groups is 1. The molecule has 114 valence electrons. The molecule has 0 fully saturated rings. The van der Waals surface area contributed by atoms with Crippen molar-refractivity contribution >= 4 is 0 Å². The van der Waals surface area contributed by atoms with Crippen molar-refractivity contribution in [3.8, 4) is 5.75 Å². The average Bonchev–Trinajstić information content (AvgIpc) is 2.60. The van der Waals surface area contributed by atoms with Gasteiger partial charge in [-0.3, -0.25) is 0 Å². The molecule has 0 amide bonds. The lowest BCUT2D eigenvalue weighted by Crippen LogP contribution is -2.35.